The van der Waals surface area contributed by atoms with Crippen molar-refractivity contribution < 1.29 is 9.47 Å². The molecule has 1 heterocycles. The quantitative estimate of drug-likeness (QED) is 0.427. The zero-order chi connectivity index (χ0) is 19.7. The molecule has 0 radical (unpaired) electrons. The standard InChI is InChI=1S/C18H14Br3N3O3/c1-9-23-13-5-4-11(19)7-12(13)18(25)24(9)22-8-10-6-14(26-2)17(27-3)16(21)15(10)20/h4-8H,1-3H3. The first-order valence-electron chi connectivity index (χ1n) is 7.70. The van der Waals surface area contributed by atoms with Crippen molar-refractivity contribution in [3.63, 3.8) is 0 Å². The Morgan fingerprint density at radius 1 is 1.11 bits per heavy atom. The molecule has 0 spiro atoms. The van der Waals surface area contributed by atoms with Crippen LogP contribution < -0.4 is 15.0 Å². The summed E-state index contributed by atoms with van der Waals surface area (Å²) < 4.78 is 14.2. The number of nitrogens with zero attached hydrogens (tertiary/aromatic N) is 3. The molecular weight excluding hydrogens is 546 g/mol. The SMILES string of the molecule is COc1cc(C=Nn2c(C)nc3ccc(Br)cc3c2=O)c(Br)c(Br)c1OC. The molecule has 140 valence electrons. The van der Waals surface area contributed by atoms with Crippen molar-refractivity contribution in [1.29, 1.82) is 0 Å². The van der Waals surface area contributed by atoms with E-state index in [1.165, 1.54) is 4.68 Å². The van der Waals surface area contributed by atoms with Gasteiger partial charge in [0.15, 0.2) is 11.5 Å². The molecule has 0 aliphatic heterocycles. The van der Waals surface area contributed by atoms with Crippen LogP contribution >= 0.6 is 47.8 Å². The monoisotopic (exact) mass is 557 g/mol. The van der Waals surface area contributed by atoms with Gasteiger partial charge in [-0.25, -0.2) is 4.98 Å². The van der Waals surface area contributed by atoms with Crippen LogP contribution in [0.3, 0.4) is 0 Å². The summed E-state index contributed by atoms with van der Waals surface area (Å²) in [7, 11) is 3.11. The summed E-state index contributed by atoms with van der Waals surface area (Å²) in [4.78, 5) is 17.3. The Kier molecular flexibility index (Phi) is 6.02. The fourth-order valence-electron chi connectivity index (χ4n) is 2.56. The third-order valence-electron chi connectivity index (χ3n) is 3.86. The van der Waals surface area contributed by atoms with Crippen LogP contribution in [-0.2, 0) is 0 Å². The number of hydrogen-bond acceptors (Lipinski definition) is 5. The maximum atomic E-state index is 12.8. The van der Waals surface area contributed by atoms with E-state index in [0.717, 1.165) is 8.95 Å². The number of rotatable bonds is 4. The van der Waals surface area contributed by atoms with Gasteiger partial charge in [-0.2, -0.15) is 9.78 Å². The molecule has 0 fully saturated rings. The number of fused-ring (bicyclic) bond motifs is 1. The van der Waals surface area contributed by atoms with Crippen molar-refractivity contribution >= 4 is 64.9 Å². The summed E-state index contributed by atoms with van der Waals surface area (Å²) in [6.07, 6.45) is 1.57. The molecule has 0 saturated heterocycles. The Morgan fingerprint density at radius 3 is 2.52 bits per heavy atom. The van der Waals surface area contributed by atoms with Crippen LogP contribution in [0.25, 0.3) is 10.9 Å². The lowest BCUT2D eigenvalue weighted by molar-refractivity contribution is 0.353. The average Bonchev–Trinajstić information content (AvgIpc) is 2.65. The van der Waals surface area contributed by atoms with E-state index in [2.05, 4.69) is 57.9 Å². The highest BCUT2D eigenvalue weighted by molar-refractivity contribution is 9.13. The first kappa shape index (κ1) is 20.0. The second kappa shape index (κ2) is 8.12. The summed E-state index contributed by atoms with van der Waals surface area (Å²) in [5.41, 5.74) is 1.09. The zero-order valence-corrected chi connectivity index (χ0v) is 19.3. The van der Waals surface area contributed by atoms with Gasteiger partial charge in [0.1, 0.15) is 5.82 Å². The molecule has 2 aromatic carbocycles. The van der Waals surface area contributed by atoms with E-state index in [9.17, 15) is 4.79 Å². The van der Waals surface area contributed by atoms with Crippen LogP contribution in [0.15, 0.2) is 47.6 Å². The Morgan fingerprint density at radius 2 is 1.85 bits per heavy atom. The molecule has 9 heteroatoms. The van der Waals surface area contributed by atoms with Gasteiger partial charge in [-0.1, -0.05) is 15.9 Å². The highest BCUT2D eigenvalue weighted by Crippen LogP contribution is 2.41. The summed E-state index contributed by atoms with van der Waals surface area (Å²) in [6.45, 7) is 1.74. The van der Waals surface area contributed by atoms with Gasteiger partial charge in [-0.05, 0) is 63.0 Å². The van der Waals surface area contributed by atoms with Gasteiger partial charge in [0, 0.05) is 14.5 Å². The van der Waals surface area contributed by atoms with Gasteiger partial charge in [0.2, 0.25) is 0 Å². The van der Waals surface area contributed by atoms with Gasteiger partial charge < -0.3 is 9.47 Å². The summed E-state index contributed by atoms with van der Waals surface area (Å²) in [6, 6.07) is 7.14. The average molecular weight is 560 g/mol. The number of methoxy groups -OCH3 is 2. The van der Waals surface area contributed by atoms with Crippen LogP contribution in [0, 0.1) is 6.92 Å². The van der Waals surface area contributed by atoms with Crippen molar-refractivity contribution in [3.8, 4) is 11.5 Å². The zero-order valence-electron chi connectivity index (χ0n) is 14.6. The third-order valence-corrected chi connectivity index (χ3v) is 6.50. The van der Waals surface area contributed by atoms with E-state index >= 15 is 0 Å². The van der Waals surface area contributed by atoms with Crippen LogP contribution in [0.2, 0.25) is 0 Å². The third kappa shape index (κ3) is 3.81. The Balaban J connectivity index is 2.14. The van der Waals surface area contributed by atoms with E-state index in [-0.39, 0.29) is 5.56 Å². The van der Waals surface area contributed by atoms with Crippen LogP contribution in [0.5, 0.6) is 11.5 Å². The number of hydrogen-bond donors (Lipinski definition) is 0. The fourth-order valence-corrected chi connectivity index (χ4v) is 3.90. The molecule has 0 aliphatic carbocycles. The number of aromatic nitrogens is 2. The van der Waals surface area contributed by atoms with E-state index in [1.807, 2.05) is 6.07 Å². The lowest BCUT2D eigenvalue weighted by Gasteiger charge is -2.13. The van der Waals surface area contributed by atoms with E-state index in [4.69, 9.17) is 9.47 Å². The molecule has 6 nitrogen and oxygen atoms in total. The highest BCUT2D eigenvalue weighted by Gasteiger charge is 2.16. The van der Waals surface area contributed by atoms with Crippen LogP contribution in [0.1, 0.15) is 11.4 Å². The van der Waals surface area contributed by atoms with Crippen LogP contribution in [0.4, 0.5) is 0 Å². The van der Waals surface area contributed by atoms with Crippen molar-refractivity contribution in [2.24, 2.45) is 5.10 Å². The van der Waals surface area contributed by atoms with E-state index < -0.39 is 0 Å². The van der Waals surface area contributed by atoms with Crippen LogP contribution in [-0.4, -0.2) is 30.1 Å². The fraction of sp³-hybridized carbons (Fsp3) is 0.167. The lowest BCUT2D eigenvalue weighted by Crippen LogP contribution is -2.20. The van der Waals surface area contributed by atoms with Crippen molar-refractivity contribution in [3.05, 3.63) is 59.4 Å². The predicted octanol–water partition coefficient (Wildman–Crippen LogP) is 4.89. The highest BCUT2D eigenvalue weighted by atomic mass is 79.9. The smallest absolute Gasteiger partial charge is 0.282 e. The molecule has 0 unspecified atom stereocenters. The minimum absolute atomic E-state index is 0.245. The molecule has 0 aliphatic rings. The maximum absolute atomic E-state index is 12.8. The van der Waals surface area contributed by atoms with Crippen molar-refractivity contribution in [1.82, 2.24) is 9.66 Å². The van der Waals surface area contributed by atoms with E-state index in [1.54, 1.807) is 45.6 Å². The Hall–Kier alpha value is -1.71. The molecule has 0 amide bonds. The predicted molar refractivity (Wildman–Crippen MR) is 116 cm³/mol. The number of ether oxygens (including phenoxy) is 2. The minimum atomic E-state index is -0.245. The van der Waals surface area contributed by atoms with E-state index in [0.29, 0.717) is 38.3 Å². The maximum Gasteiger partial charge on any atom is 0.282 e. The lowest BCUT2D eigenvalue weighted by atomic mass is 10.2. The molecule has 3 rings (SSSR count). The summed E-state index contributed by atoms with van der Waals surface area (Å²) in [5.74, 6) is 1.59. The number of benzene rings is 2. The molecule has 0 bridgehead atoms. The molecule has 3 aromatic rings. The van der Waals surface area contributed by atoms with Gasteiger partial charge in [-0.15, -0.1) is 0 Å². The Bertz CT molecular complexity index is 1130. The first-order chi connectivity index (χ1) is 12.9. The molecule has 0 saturated carbocycles. The molecule has 1 aromatic heterocycles. The summed E-state index contributed by atoms with van der Waals surface area (Å²) in [5, 5.41) is 4.83. The first-order valence-corrected chi connectivity index (χ1v) is 10.1. The van der Waals surface area contributed by atoms with Gasteiger partial charge >= 0.3 is 0 Å². The molecular formula is C18H14Br3N3O3. The van der Waals surface area contributed by atoms with Gasteiger partial charge in [0.05, 0.1) is 35.8 Å². The number of aryl methyl sites for hydroxylation is 1. The van der Waals surface area contributed by atoms with Crippen molar-refractivity contribution in [2.75, 3.05) is 14.2 Å². The normalized spacial score (nSPS) is 11.3. The van der Waals surface area contributed by atoms with Crippen molar-refractivity contribution in [2.45, 2.75) is 6.92 Å². The molecule has 27 heavy (non-hydrogen) atoms. The second-order valence-corrected chi connectivity index (χ2v) is 8.01. The Labute approximate surface area is 180 Å². The summed E-state index contributed by atoms with van der Waals surface area (Å²) >= 11 is 10.4. The van der Waals surface area contributed by atoms with Gasteiger partial charge in [-0.3, -0.25) is 4.79 Å². The topological polar surface area (TPSA) is 65.7 Å². The molecule has 0 atom stereocenters. The largest absolute Gasteiger partial charge is 0.493 e. The number of halogens is 3. The van der Waals surface area contributed by atoms with Gasteiger partial charge in [0.25, 0.3) is 5.56 Å². The second-order valence-electron chi connectivity index (χ2n) is 5.51. The molecule has 0 N–H and O–H groups in total. The minimum Gasteiger partial charge on any atom is -0.493 e.